The normalized spacial score (nSPS) is 11.7. The van der Waals surface area contributed by atoms with Crippen LogP contribution in [0.15, 0.2) is 42.5 Å². The van der Waals surface area contributed by atoms with Crippen LogP contribution < -0.4 is 14.8 Å². The smallest absolute Gasteiger partial charge is 0.260 e. The van der Waals surface area contributed by atoms with Crippen LogP contribution in [-0.2, 0) is 4.79 Å². The van der Waals surface area contributed by atoms with Gasteiger partial charge in [0.15, 0.2) is 6.10 Å². The van der Waals surface area contributed by atoms with E-state index >= 15 is 0 Å². The monoisotopic (exact) mass is 331 g/mol. The van der Waals surface area contributed by atoms with Gasteiger partial charge >= 0.3 is 0 Å². The SMILES string of the molecule is Cc1cc(C)cc(OCCNC(=O)[C@@H](C)Oc2ccc(F)cc2)c1. The predicted molar refractivity (Wildman–Crippen MR) is 90.9 cm³/mol. The number of amides is 1. The van der Waals surface area contributed by atoms with Crippen molar-refractivity contribution in [3.05, 3.63) is 59.4 Å². The molecule has 24 heavy (non-hydrogen) atoms. The molecule has 0 aliphatic heterocycles. The molecular weight excluding hydrogens is 309 g/mol. The minimum Gasteiger partial charge on any atom is -0.492 e. The summed E-state index contributed by atoms with van der Waals surface area (Å²) in [5.41, 5.74) is 2.27. The summed E-state index contributed by atoms with van der Waals surface area (Å²) in [6.07, 6.45) is -0.670. The fourth-order valence-electron chi connectivity index (χ4n) is 2.27. The Balaban J connectivity index is 1.73. The first-order valence-electron chi connectivity index (χ1n) is 7.85. The van der Waals surface area contributed by atoms with Crippen molar-refractivity contribution >= 4 is 5.91 Å². The molecule has 1 N–H and O–H groups in total. The van der Waals surface area contributed by atoms with Crippen LogP contribution in [0.4, 0.5) is 4.39 Å². The number of carbonyl (C=O) groups is 1. The van der Waals surface area contributed by atoms with E-state index in [1.165, 1.54) is 24.3 Å². The molecule has 0 aromatic heterocycles. The van der Waals surface area contributed by atoms with Crippen molar-refractivity contribution in [3.63, 3.8) is 0 Å². The third kappa shape index (κ3) is 5.57. The summed E-state index contributed by atoms with van der Waals surface area (Å²) in [4.78, 5) is 12.0. The molecule has 2 rings (SSSR count). The van der Waals surface area contributed by atoms with E-state index in [0.29, 0.717) is 18.9 Å². The zero-order chi connectivity index (χ0) is 17.5. The summed E-state index contributed by atoms with van der Waals surface area (Å²) < 4.78 is 23.9. The number of ether oxygens (including phenoxy) is 2. The first-order valence-corrected chi connectivity index (χ1v) is 7.85. The van der Waals surface area contributed by atoms with Gasteiger partial charge in [0, 0.05) is 0 Å². The summed E-state index contributed by atoms with van der Waals surface area (Å²) in [5, 5.41) is 2.75. The molecule has 0 saturated carbocycles. The van der Waals surface area contributed by atoms with Crippen LogP contribution in [0.5, 0.6) is 11.5 Å². The second kappa shape index (κ2) is 8.34. The van der Waals surface area contributed by atoms with Gasteiger partial charge in [-0.3, -0.25) is 4.79 Å². The lowest BCUT2D eigenvalue weighted by Gasteiger charge is -2.15. The van der Waals surface area contributed by atoms with E-state index < -0.39 is 6.10 Å². The van der Waals surface area contributed by atoms with Gasteiger partial charge in [0.25, 0.3) is 5.91 Å². The van der Waals surface area contributed by atoms with Crippen LogP contribution in [0.3, 0.4) is 0 Å². The molecule has 1 atom stereocenters. The van der Waals surface area contributed by atoms with Crippen LogP contribution >= 0.6 is 0 Å². The largest absolute Gasteiger partial charge is 0.492 e. The van der Waals surface area contributed by atoms with Gasteiger partial charge in [-0.15, -0.1) is 0 Å². The summed E-state index contributed by atoms with van der Waals surface area (Å²) >= 11 is 0. The van der Waals surface area contributed by atoms with E-state index in [1.807, 2.05) is 26.0 Å². The molecule has 128 valence electrons. The quantitative estimate of drug-likeness (QED) is 0.791. The number of aryl methyl sites for hydroxylation is 2. The average molecular weight is 331 g/mol. The number of benzene rings is 2. The van der Waals surface area contributed by atoms with E-state index in [1.54, 1.807) is 6.92 Å². The number of hydrogen-bond acceptors (Lipinski definition) is 3. The lowest BCUT2D eigenvalue weighted by Crippen LogP contribution is -2.38. The Labute approximate surface area is 141 Å². The van der Waals surface area contributed by atoms with Crippen LogP contribution in [0.25, 0.3) is 0 Å². The molecule has 0 unspecified atom stereocenters. The van der Waals surface area contributed by atoms with Gasteiger partial charge in [0.05, 0.1) is 6.54 Å². The highest BCUT2D eigenvalue weighted by Crippen LogP contribution is 2.16. The Morgan fingerprint density at radius 3 is 2.33 bits per heavy atom. The van der Waals surface area contributed by atoms with Crippen molar-refractivity contribution in [1.82, 2.24) is 5.32 Å². The van der Waals surface area contributed by atoms with Gasteiger partial charge in [0.2, 0.25) is 0 Å². The number of nitrogens with one attached hydrogen (secondary N) is 1. The molecular formula is C19H22FNO3. The maximum Gasteiger partial charge on any atom is 0.260 e. The second-order valence-electron chi connectivity index (χ2n) is 5.68. The fraction of sp³-hybridized carbons (Fsp3) is 0.316. The Kier molecular flexibility index (Phi) is 6.18. The van der Waals surface area contributed by atoms with Crippen LogP contribution in [0, 0.1) is 19.7 Å². The third-order valence-electron chi connectivity index (χ3n) is 3.36. The van der Waals surface area contributed by atoms with E-state index in [-0.39, 0.29) is 11.7 Å². The van der Waals surface area contributed by atoms with Gasteiger partial charge in [-0.1, -0.05) is 6.07 Å². The van der Waals surface area contributed by atoms with Crippen molar-refractivity contribution < 1.29 is 18.7 Å². The molecule has 1 amide bonds. The lowest BCUT2D eigenvalue weighted by atomic mass is 10.1. The standard InChI is InChI=1S/C19H22FNO3/c1-13-10-14(2)12-18(11-13)23-9-8-21-19(22)15(3)24-17-6-4-16(20)5-7-17/h4-7,10-12,15H,8-9H2,1-3H3,(H,21,22)/t15-/m1/s1. The van der Waals surface area contributed by atoms with Gasteiger partial charge in [-0.05, 0) is 68.3 Å². The number of hydrogen-bond donors (Lipinski definition) is 1. The highest BCUT2D eigenvalue weighted by Gasteiger charge is 2.14. The van der Waals surface area contributed by atoms with E-state index in [0.717, 1.165) is 16.9 Å². The van der Waals surface area contributed by atoms with Gasteiger partial charge in [-0.25, -0.2) is 4.39 Å². The maximum absolute atomic E-state index is 12.8. The first kappa shape index (κ1) is 17.8. The summed E-state index contributed by atoms with van der Waals surface area (Å²) in [7, 11) is 0. The molecule has 0 aliphatic rings. The highest BCUT2D eigenvalue weighted by atomic mass is 19.1. The molecule has 0 aliphatic carbocycles. The highest BCUT2D eigenvalue weighted by molar-refractivity contribution is 5.80. The van der Waals surface area contributed by atoms with Crippen molar-refractivity contribution in [2.45, 2.75) is 26.9 Å². The van der Waals surface area contributed by atoms with Gasteiger partial charge in [0.1, 0.15) is 23.9 Å². The zero-order valence-corrected chi connectivity index (χ0v) is 14.1. The minimum atomic E-state index is -0.670. The topological polar surface area (TPSA) is 47.6 Å². The third-order valence-corrected chi connectivity index (χ3v) is 3.36. The average Bonchev–Trinajstić information content (AvgIpc) is 2.52. The maximum atomic E-state index is 12.8. The van der Waals surface area contributed by atoms with Gasteiger partial charge in [-0.2, -0.15) is 0 Å². The molecule has 0 heterocycles. The molecule has 0 saturated heterocycles. The van der Waals surface area contributed by atoms with Crippen LogP contribution in [-0.4, -0.2) is 25.2 Å². The van der Waals surface area contributed by atoms with Crippen molar-refractivity contribution in [1.29, 1.82) is 0 Å². The Morgan fingerprint density at radius 1 is 1.08 bits per heavy atom. The molecule has 0 fully saturated rings. The van der Waals surface area contributed by atoms with E-state index in [4.69, 9.17) is 9.47 Å². The van der Waals surface area contributed by atoms with Crippen molar-refractivity contribution in [3.8, 4) is 11.5 Å². The molecule has 5 heteroatoms. The van der Waals surface area contributed by atoms with Crippen LogP contribution in [0.2, 0.25) is 0 Å². The fourth-order valence-corrected chi connectivity index (χ4v) is 2.27. The Bertz CT molecular complexity index is 665. The zero-order valence-electron chi connectivity index (χ0n) is 14.1. The second-order valence-corrected chi connectivity index (χ2v) is 5.68. The van der Waals surface area contributed by atoms with E-state index in [9.17, 15) is 9.18 Å². The van der Waals surface area contributed by atoms with E-state index in [2.05, 4.69) is 11.4 Å². The lowest BCUT2D eigenvalue weighted by molar-refractivity contribution is -0.127. The molecule has 0 spiro atoms. The minimum absolute atomic E-state index is 0.247. The van der Waals surface area contributed by atoms with Crippen molar-refractivity contribution in [2.75, 3.05) is 13.2 Å². The summed E-state index contributed by atoms with van der Waals surface area (Å²) in [6.45, 7) is 6.41. The number of carbonyl (C=O) groups excluding carboxylic acids is 1. The number of halogens is 1. The van der Waals surface area contributed by atoms with Gasteiger partial charge < -0.3 is 14.8 Å². The molecule has 2 aromatic rings. The first-order chi connectivity index (χ1) is 11.4. The van der Waals surface area contributed by atoms with Crippen molar-refractivity contribution in [2.24, 2.45) is 0 Å². The molecule has 2 aromatic carbocycles. The Morgan fingerprint density at radius 2 is 1.71 bits per heavy atom. The Hall–Kier alpha value is -2.56. The molecule has 0 radical (unpaired) electrons. The predicted octanol–water partition coefficient (Wildman–Crippen LogP) is 3.41. The molecule has 4 nitrogen and oxygen atoms in total. The summed E-state index contributed by atoms with van der Waals surface area (Å²) in [6, 6.07) is 11.5. The summed E-state index contributed by atoms with van der Waals surface area (Å²) in [5.74, 6) is 0.647. The van der Waals surface area contributed by atoms with Crippen LogP contribution in [0.1, 0.15) is 18.1 Å². The molecule has 0 bridgehead atoms. The number of rotatable bonds is 7.